The Morgan fingerprint density at radius 3 is 2.52 bits per heavy atom. The first-order valence-corrected chi connectivity index (χ1v) is 10.5. The minimum atomic E-state index is -4.80. The number of benzene rings is 2. The first kappa shape index (κ1) is 19.8. The second-order valence-corrected chi connectivity index (χ2v) is 7.95. The molecule has 1 heterocycles. The van der Waals surface area contributed by atoms with Crippen LogP contribution in [0.15, 0.2) is 42.5 Å². The van der Waals surface area contributed by atoms with Gasteiger partial charge in [-0.1, -0.05) is 36.8 Å². The predicted octanol–water partition coefficient (Wildman–Crippen LogP) is 6.11. The monoisotopic (exact) mass is 510 g/mol. The lowest BCUT2D eigenvalue weighted by atomic mass is 10.1. The highest BCUT2D eigenvalue weighted by Gasteiger charge is 2.31. The average molecular weight is 511 g/mol. The number of hydrogen-bond donors (Lipinski definition) is 0. The van der Waals surface area contributed by atoms with Crippen molar-refractivity contribution in [1.82, 2.24) is 9.78 Å². The fourth-order valence-corrected chi connectivity index (χ4v) is 3.76. The van der Waals surface area contributed by atoms with Gasteiger partial charge in [-0.15, -0.1) is 13.2 Å². The van der Waals surface area contributed by atoms with Crippen LogP contribution in [-0.4, -0.2) is 20.7 Å². The first-order valence-electron chi connectivity index (χ1n) is 7.48. The molecular formula is C18H12ClF4IN2O. The number of aromatic nitrogens is 2. The van der Waals surface area contributed by atoms with Crippen molar-refractivity contribution in [3.63, 3.8) is 0 Å². The Bertz CT molecular complexity index is 1020. The zero-order valence-electron chi connectivity index (χ0n) is 13.8. The summed E-state index contributed by atoms with van der Waals surface area (Å²) in [5.74, 6) is -0.892. The van der Waals surface area contributed by atoms with Gasteiger partial charge in [0, 0.05) is 9.13 Å². The SMILES string of the molecule is C=Ic1cc(OC(F)(F)F)cc(-c2cc(C)nn2-c2ccc(F)c(Cl)c2)c1. The standard InChI is InChI=1S/C18H12ClF4IN2O/c1-10-5-17(26(25-10)13-3-4-16(20)15(19)9-13)11-6-12(24-2)8-14(7-11)27-18(21,22)23/h3-9H,2H2,1H3. The molecule has 0 spiro atoms. The number of nitrogens with zero attached hydrogens (tertiary/aromatic N) is 2. The topological polar surface area (TPSA) is 27.1 Å². The molecule has 0 fully saturated rings. The van der Waals surface area contributed by atoms with Crippen LogP contribution in [0.5, 0.6) is 5.75 Å². The van der Waals surface area contributed by atoms with Gasteiger partial charge in [-0.3, -0.25) is 0 Å². The molecule has 0 N–H and O–H groups in total. The third-order valence-electron chi connectivity index (χ3n) is 3.53. The Balaban J connectivity index is 2.15. The third kappa shape index (κ3) is 4.67. The average Bonchev–Trinajstić information content (AvgIpc) is 2.97. The van der Waals surface area contributed by atoms with E-state index in [1.54, 1.807) is 19.1 Å². The van der Waals surface area contributed by atoms with Crippen molar-refractivity contribution in [3.8, 4) is 22.7 Å². The summed E-state index contributed by atoms with van der Waals surface area (Å²) in [6, 6.07) is 10.2. The van der Waals surface area contributed by atoms with Crippen molar-refractivity contribution in [1.29, 1.82) is 0 Å². The second kappa shape index (κ2) is 7.59. The zero-order valence-corrected chi connectivity index (χ0v) is 16.7. The van der Waals surface area contributed by atoms with Gasteiger partial charge < -0.3 is 4.74 Å². The molecule has 9 heteroatoms. The first-order chi connectivity index (χ1) is 12.7. The smallest absolute Gasteiger partial charge is 0.406 e. The summed E-state index contributed by atoms with van der Waals surface area (Å²) in [5, 5.41) is 4.28. The van der Waals surface area contributed by atoms with Gasteiger partial charge in [-0.2, -0.15) is 5.10 Å². The maximum absolute atomic E-state index is 13.5. The largest absolute Gasteiger partial charge is 0.573 e. The molecule has 1 aromatic heterocycles. The molecule has 0 aliphatic heterocycles. The van der Waals surface area contributed by atoms with Gasteiger partial charge in [0.05, 0.1) is 22.1 Å². The molecule has 0 aliphatic rings. The highest BCUT2D eigenvalue weighted by atomic mass is 127. The summed E-state index contributed by atoms with van der Waals surface area (Å²) in [4.78, 5) is 0. The van der Waals surface area contributed by atoms with Crippen LogP contribution in [0.1, 0.15) is 5.69 Å². The summed E-state index contributed by atoms with van der Waals surface area (Å²) >= 11 is 5.12. The minimum absolute atomic E-state index is 0.0786. The molecule has 0 unspecified atom stereocenters. The van der Waals surface area contributed by atoms with Gasteiger partial charge in [0.15, 0.2) is 0 Å². The van der Waals surface area contributed by atoms with Gasteiger partial charge in [0.25, 0.3) is 0 Å². The molecule has 0 amide bonds. The highest BCUT2D eigenvalue weighted by Crippen LogP contribution is 2.33. The van der Waals surface area contributed by atoms with E-state index in [1.165, 1.54) is 35.0 Å². The number of rotatable bonds is 4. The second-order valence-electron chi connectivity index (χ2n) is 5.54. The lowest BCUT2D eigenvalue weighted by Crippen LogP contribution is -2.17. The summed E-state index contributed by atoms with van der Waals surface area (Å²) < 4.78 is 61.5. The van der Waals surface area contributed by atoms with Gasteiger partial charge in [-0.25, -0.2) is 9.07 Å². The van der Waals surface area contributed by atoms with Crippen LogP contribution >= 0.6 is 32.3 Å². The third-order valence-corrected chi connectivity index (χ3v) is 5.33. The van der Waals surface area contributed by atoms with Crippen LogP contribution in [0.2, 0.25) is 5.02 Å². The molecular weight excluding hydrogens is 499 g/mol. The van der Waals surface area contributed by atoms with Crippen LogP contribution in [0.4, 0.5) is 17.6 Å². The van der Waals surface area contributed by atoms with Crippen molar-refractivity contribution < 1.29 is 22.3 Å². The molecule has 0 bridgehead atoms. The lowest BCUT2D eigenvalue weighted by Gasteiger charge is -2.13. The number of halogens is 6. The molecule has 0 atom stereocenters. The number of hydrogen-bond acceptors (Lipinski definition) is 2. The van der Waals surface area contributed by atoms with Crippen LogP contribution in [0.3, 0.4) is 0 Å². The maximum atomic E-state index is 13.5. The van der Waals surface area contributed by atoms with E-state index in [2.05, 4.69) is 14.4 Å². The maximum Gasteiger partial charge on any atom is 0.573 e. The number of aryl methyl sites for hydroxylation is 1. The fraction of sp³-hybridized carbons (Fsp3) is 0.111. The Kier molecular flexibility index (Phi) is 5.57. The Hall–Kier alpha value is -1.94. The Morgan fingerprint density at radius 1 is 1.15 bits per heavy atom. The van der Waals surface area contributed by atoms with E-state index in [0.29, 0.717) is 26.2 Å². The molecule has 0 saturated heterocycles. The van der Waals surface area contributed by atoms with E-state index < -0.39 is 32.9 Å². The summed E-state index contributed by atoms with van der Waals surface area (Å²) in [5.41, 5.74) is 2.13. The van der Waals surface area contributed by atoms with Crippen LogP contribution in [0.25, 0.3) is 16.9 Å². The molecule has 2 aromatic carbocycles. The summed E-state index contributed by atoms with van der Waals surface area (Å²) in [6.07, 6.45) is -4.80. The van der Waals surface area contributed by atoms with Gasteiger partial charge in [0.1, 0.15) is 11.6 Å². The quantitative estimate of drug-likeness (QED) is 0.313. The predicted molar refractivity (Wildman–Crippen MR) is 105 cm³/mol. The van der Waals surface area contributed by atoms with E-state index in [-0.39, 0.29) is 10.8 Å². The zero-order chi connectivity index (χ0) is 19.8. The molecule has 3 aromatic rings. The van der Waals surface area contributed by atoms with Gasteiger partial charge >= 0.3 is 6.36 Å². The summed E-state index contributed by atoms with van der Waals surface area (Å²) in [7, 11) is 0. The van der Waals surface area contributed by atoms with Gasteiger partial charge in [0.2, 0.25) is 0 Å². The van der Waals surface area contributed by atoms with Crippen molar-refractivity contribution in [3.05, 3.63) is 62.6 Å². The Morgan fingerprint density at radius 2 is 1.89 bits per heavy atom. The molecule has 142 valence electrons. The molecule has 27 heavy (non-hydrogen) atoms. The molecule has 0 aliphatic carbocycles. The molecule has 0 saturated carbocycles. The van der Waals surface area contributed by atoms with Crippen LogP contribution in [0, 0.1) is 16.3 Å². The lowest BCUT2D eigenvalue weighted by molar-refractivity contribution is -0.274. The van der Waals surface area contributed by atoms with Crippen molar-refractivity contribution in [2.45, 2.75) is 13.3 Å². The Labute approximate surface area is 167 Å². The van der Waals surface area contributed by atoms with E-state index in [4.69, 9.17) is 11.6 Å². The molecule has 3 rings (SSSR count). The highest BCUT2D eigenvalue weighted by molar-refractivity contribution is 14.2. The van der Waals surface area contributed by atoms with E-state index in [9.17, 15) is 17.6 Å². The van der Waals surface area contributed by atoms with Gasteiger partial charge in [-0.05, 0) is 49.4 Å². The molecule has 3 nitrogen and oxygen atoms in total. The van der Waals surface area contributed by atoms with Crippen molar-refractivity contribution in [2.75, 3.05) is 0 Å². The van der Waals surface area contributed by atoms with E-state index in [1.807, 2.05) is 0 Å². The number of alkyl halides is 3. The van der Waals surface area contributed by atoms with Crippen molar-refractivity contribution in [2.24, 2.45) is 0 Å². The van der Waals surface area contributed by atoms with Crippen LogP contribution in [-0.2, 0) is 0 Å². The number of ether oxygens (including phenoxy) is 1. The van der Waals surface area contributed by atoms with Crippen molar-refractivity contribution >= 4 is 36.8 Å². The molecule has 0 radical (unpaired) electrons. The fourth-order valence-electron chi connectivity index (χ4n) is 2.50. The normalized spacial score (nSPS) is 11.6. The van der Waals surface area contributed by atoms with E-state index in [0.717, 1.165) is 0 Å². The van der Waals surface area contributed by atoms with Crippen LogP contribution < -0.4 is 4.74 Å². The minimum Gasteiger partial charge on any atom is -0.406 e. The van der Waals surface area contributed by atoms with E-state index >= 15 is 0 Å². The summed E-state index contributed by atoms with van der Waals surface area (Å²) in [6.45, 7) is 1.75.